The Bertz CT molecular complexity index is 628. The van der Waals surface area contributed by atoms with Crippen molar-refractivity contribution in [3.63, 3.8) is 0 Å². The second-order valence-electron chi connectivity index (χ2n) is 5.03. The van der Waals surface area contributed by atoms with Crippen LogP contribution >= 0.6 is 23.4 Å². The highest BCUT2D eigenvalue weighted by Gasteiger charge is 2.17. The van der Waals surface area contributed by atoms with Gasteiger partial charge in [0.2, 0.25) is 5.91 Å². The lowest BCUT2D eigenvalue weighted by Crippen LogP contribution is -2.31. The number of carbonyl (C=O) groups excluding carboxylic acids is 1. The van der Waals surface area contributed by atoms with Gasteiger partial charge in [0.15, 0.2) is 0 Å². The minimum atomic E-state index is -0.116. The Kier molecular flexibility index (Phi) is 6.81. The van der Waals surface area contributed by atoms with Crippen molar-refractivity contribution in [3.05, 3.63) is 59.1 Å². The van der Waals surface area contributed by atoms with Crippen molar-refractivity contribution < 1.29 is 9.53 Å². The summed E-state index contributed by atoms with van der Waals surface area (Å²) in [7, 11) is 1.64. The summed E-state index contributed by atoms with van der Waals surface area (Å²) in [6.45, 7) is 2.53. The zero-order chi connectivity index (χ0) is 16.7. The molecule has 0 saturated heterocycles. The topological polar surface area (TPSA) is 38.3 Å². The maximum absolute atomic E-state index is 12.4. The van der Waals surface area contributed by atoms with Gasteiger partial charge in [-0.25, -0.2) is 0 Å². The van der Waals surface area contributed by atoms with E-state index in [0.29, 0.717) is 11.6 Å². The van der Waals surface area contributed by atoms with E-state index in [-0.39, 0.29) is 11.2 Å². The monoisotopic (exact) mass is 349 g/mol. The minimum Gasteiger partial charge on any atom is -0.497 e. The van der Waals surface area contributed by atoms with Gasteiger partial charge in [-0.05, 0) is 48.4 Å². The molecule has 122 valence electrons. The van der Waals surface area contributed by atoms with Gasteiger partial charge in [0.05, 0.1) is 12.4 Å². The molecule has 0 fully saturated rings. The number of hydrogen-bond acceptors (Lipinski definition) is 3. The number of hydrogen-bond donors (Lipinski definition) is 1. The smallest absolute Gasteiger partial charge is 0.233 e. The molecule has 0 spiro atoms. The minimum absolute atomic E-state index is 0.0447. The van der Waals surface area contributed by atoms with Crippen molar-refractivity contribution in [2.24, 2.45) is 0 Å². The molecule has 2 aromatic carbocycles. The van der Waals surface area contributed by atoms with Gasteiger partial charge in [-0.15, -0.1) is 11.8 Å². The molecule has 0 unspecified atom stereocenters. The van der Waals surface area contributed by atoms with Crippen molar-refractivity contribution in [1.82, 2.24) is 5.32 Å². The summed E-state index contributed by atoms with van der Waals surface area (Å²) < 4.78 is 5.13. The van der Waals surface area contributed by atoms with Crippen LogP contribution in [-0.2, 0) is 11.3 Å². The van der Waals surface area contributed by atoms with E-state index >= 15 is 0 Å². The first-order valence-electron chi connectivity index (χ1n) is 7.45. The second kappa shape index (κ2) is 8.85. The van der Waals surface area contributed by atoms with Crippen molar-refractivity contribution >= 4 is 29.3 Å². The number of rotatable bonds is 7. The fourth-order valence-corrected chi connectivity index (χ4v) is 3.15. The zero-order valence-corrected chi connectivity index (χ0v) is 14.8. The van der Waals surface area contributed by atoms with Crippen LogP contribution in [0.25, 0.3) is 0 Å². The molecule has 0 heterocycles. The van der Waals surface area contributed by atoms with E-state index in [2.05, 4.69) is 5.32 Å². The first-order valence-corrected chi connectivity index (χ1v) is 8.71. The molecule has 0 saturated carbocycles. The van der Waals surface area contributed by atoms with Crippen LogP contribution in [0.4, 0.5) is 0 Å². The lowest BCUT2D eigenvalue weighted by atomic mass is 10.2. The summed E-state index contributed by atoms with van der Waals surface area (Å²) in [4.78, 5) is 13.4. The molecular weight excluding hydrogens is 330 g/mol. The molecule has 1 N–H and O–H groups in total. The third kappa shape index (κ3) is 5.48. The number of halogens is 1. The van der Waals surface area contributed by atoms with Gasteiger partial charge >= 0.3 is 0 Å². The summed E-state index contributed by atoms with van der Waals surface area (Å²) >= 11 is 7.44. The Balaban J connectivity index is 1.90. The van der Waals surface area contributed by atoms with Gasteiger partial charge in [-0.2, -0.15) is 0 Å². The van der Waals surface area contributed by atoms with E-state index in [0.717, 1.165) is 22.6 Å². The second-order valence-corrected chi connectivity index (χ2v) is 6.75. The van der Waals surface area contributed by atoms with Gasteiger partial charge in [0, 0.05) is 16.5 Å². The van der Waals surface area contributed by atoms with Gasteiger partial charge in [0.1, 0.15) is 5.75 Å². The molecule has 0 aliphatic heterocycles. The van der Waals surface area contributed by atoms with E-state index in [9.17, 15) is 4.79 Å². The summed E-state index contributed by atoms with van der Waals surface area (Å²) in [5, 5.41) is 3.58. The summed E-state index contributed by atoms with van der Waals surface area (Å²) in [6.07, 6.45) is 0.766. The molecule has 1 atom stereocenters. The molecular formula is C18H20ClNO2S. The van der Waals surface area contributed by atoms with Crippen molar-refractivity contribution in [2.75, 3.05) is 7.11 Å². The molecule has 1 amide bonds. The quantitative estimate of drug-likeness (QED) is 0.746. The third-order valence-electron chi connectivity index (χ3n) is 3.38. The van der Waals surface area contributed by atoms with Gasteiger partial charge < -0.3 is 10.1 Å². The van der Waals surface area contributed by atoms with E-state index in [1.165, 1.54) is 0 Å². The fraction of sp³-hybridized carbons (Fsp3) is 0.278. The van der Waals surface area contributed by atoms with Crippen LogP contribution in [0.5, 0.6) is 5.75 Å². The zero-order valence-electron chi connectivity index (χ0n) is 13.2. The Hall–Kier alpha value is -1.65. The van der Waals surface area contributed by atoms with Crippen molar-refractivity contribution in [1.29, 1.82) is 0 Å². The molecule has 0 radical (unpaired) electrons. The van der Waals surface area contributed by atoms with Crippen LogP contribution in [0.2, 0.25) is 5.02 Å². The van der Waals surface area contributed by atoms with Crippen molar-refractivity contribution in [3.8, 4) is 5.75 Å². The molecule has 0 aliphatic rings. The predicted octanol–water partition coefficient (Wildman–Crippen LogP) is 4.54. The predicted molar refractivity (Wildman–Crippen MR) is 96.2 cm³/mol. The number of methoxy groups -OCH3 is 1. The number of ether oxygens (including phenoxy) is 1. The first-order chi connectivity index (χ1) is 11.1. The molecule has 2 rings (SSSR count). The summed E-state index contributed by atoms with van der Waals surface area (Å²) in [5.74, 6) is 0.855. The van der Waals surface area contributed by atoms with Crippen LogP contribution in [0, 0.1) is 0 Å². The lowest BCUT2D eigenvalue weighted by molar-refractivity contribution is -0.120. The Morgan fingerprint density at radius 1 is 1.17 bits per heavy atom. The average Bonchev–Trinajstić information content (AvgIpc) is 2.59. The number of nitrogens with one attached hydrogen (secondary N) is 1. The first kappa shape index (κ1) is 17.7. The molecule has 5 heteroatoms. The fourth-order valence-electron chi connectivity index (χ4n) is 2.05. The molecule has 0 aliphatic carbocycles. The van der Waals surface area contributed by atoms with Crippen LogP contribution < -0.4 is 10.1 Å². The summed E-state index contributed by atoms with van der Waals surface area (Å²) in [5.41, 5.74) is 1.05. The number of thioether (sulfide) groups is 1. The van der Waals surface area contributed by atoms with E-state index < -0.39 is 0 Å². The normalized spacial score (nSPS) is 11.8. The van der Waals surface area contributed by atoms with E-state index in [1.54, 1.807) is 18.9 Å². The van der Waals surface area contributed by atoms with E-state index in [4.69, 9.17) is 16.3 Å². The summed E-state index contributed by atoms with van der Waals surface area (Å²) in [6, 6.07) is 15.2. The van der Waals surface area contributed by atoms with Crippen LogP contribution in [0.15, 0.2) is 53.4 Å². The van der Waals surface area contributed by atoms with Crippen molar-refractivity contribution in [2.45, 2.75) is 30.0 Å². The van der Waals surface area contributed by atoms with Gasteiger partial charge in [-0.1, -0.05) is 30.7 Å². The highest BCUT2D eigenvalue weighted by molar-refractivity contribution is 8.00. The van der Waals surface area contributed by atoms with Crippen LogP contribution in [0.1, 0.15) is 18.9 Å². The Labute approximate surface area is 146 Å². The van der Waals surface area contributed by atoms with Gasteiger partial charge in [-0.3, -0.25) is 4.79 Å². The molecule has 23 heavy (non-hydrogen) atoms. The molecule has 2 aromatic rings. The third-order valence-corrected chi connectivity index (χ3v) is 5.01. The van der Waals surface area contributed by atoms with Crippen LogP contribution in [0.3, 0.4) is 0 Å². The Morgan fingerprint density at radius 2 is 1.83 bits per heavy atom. The number of carbonyl (C=O) groups is 1. The lowest BCUT2D eigenvalue weighted by Gasteiger charge is -2.15. The highest BCUT2D eigenvalue weighted by atomic mass is 35.5. The molecule has 3 nitrogen and oxygen atoms in total. The SMILES string of the molecule is CC[C@@H](Sc1ccc(Cl)cc1)C(=O)NCc1ccc(OC)cc1. The Morgan fingerprint density at radius 3 is 2.39 bits per heavy atom. The van der Waals surface area contributed by atoms with Gasteiger partial charge in [0.25, 0.3) is 0 Å². The molecule has 0 aromatic heterocycles. The largest absolute Gasteiger partial charge is 0.497 e. The average molecular weight is 350 g/mol. The van der Waals surface area contributed by atoms with E-state index in [1.807, 2.05) is 55.5 Å². The number of benzene rings is 2. The molecule has 0 bridgehead atoms. The maximum Gasteiger partial charge on any atom is 0.233 e. The van der Waals surface area contributed by atoms with Crippen LogP contribution in [-0.4, -0.2) is 18.3 Å². The standard InChI is InChI=1S/C18H20ClNO2S/c1-3-17(23-16-10-6-14(19)7-11-16)18(21)20-12-13-4-8-15(22-2)9-5-13/h4-11,17H,3,12H2,1-2H3,(H,20,21)/t17-/m1/s1. The maximum atomic E-state index is 12.4. The number of amides is 1. The highest BCUT2D eigenvalue weighted by Crippen LogP contribution is 2.26.